The number of rotatable bonds is 9. The van der Waals surface area contributed by atoms with Gasteiger partial charge < -0.3 is 16.4 Å². The molecule has 0 saturated carbocycles. The van der Waals surface area contributed by atoms with E-state index in [1.807, 2.05) is 31.2 Å². The van der Waals surface area contributed by atoms with Crippen molar-refractivity contribution in [1.82, 2.24) is 20.4 Å². The molecule has 4 N–H and O–H groups in total. The monoisotopic (exact) mass is 577 g/mol. The molecule has 1 unspecified atom stereocenters. The fourth-order valence-electron chi connectivity index (χ4n) is 3.46. The lowest BCUT2D eigenvalue weighted by molar-refractivity contribution is 0.561. The van der Waals surface area contributed by atoms with Crippen LogP contribution in [0.25, 0.3) is 5.69 Å². The van der Waals surface area contributed by atoms with Gasteiger partial charge in [-0.3, -0.25) is 4.99 Å². The van der Waals surface area contributed by atoms with Gasteiger partial charge in [0.15, 0.2) is 5.96 Å². The van der Waals surface area contributed by atoms with Gasteiger partial charge >= 0.3 is 0 Å². The molecular weight excluding hydrogens is 545 g/mol. The van der Waals surface area contributed by atoms with Crippen LogP contribution < -0.4 is 16.4 Å². The highest BCUT2D eigenvalue weighted by Crippen LogP contribution is 2.21. The van der Waals surface area contributed by atoms with Crippen LogP contribution in [0.5, 0.6) is 0 Å². The van der Waals surface area contributed by atoms with Crippen molar-refractivity contribution < 1.29 is 0 Å². The minimum Gasteiger partial charge on any atom is -0.382 e. The Morgan fingerprint density at radius 1 is 1.27 bits per heavy atom. The van der Waals surface area contributed by atoms with Crippen LogP contribution in [0.4, 0.5) is 5.82 Å². The molecule has 1 aromatic carbocycles. The number of aromatic nitrogens is 2. The minimum absolute atomic E-state index is 0. The fraction of sp³-hybridized carbons (Fsp3) is 0.375. The lowest BCUT2D eigenvalue weighted by Gasteiger charge is -2.15. The number of hydrogen-bond acceptors (Lipinski definition) is 5. The first-order valence-electron chi connectivity index (χ1n) is 10.8. The largest absolute Gasteiger partial charge is 0.382 e. The zero-order valence-corrected chi connectivity index (χ0v) is 22.5. The van der Waals surface area contributed by atoms with Crippen molar-refractivity contribution in [3.8, 4) is 11.8 Å². The van der Waals surface area contributed by atoms with E-state index in [9.17, 15) is 5.26 Å². The number of aliphatic imine (C=N–C) groups is 1. The quantitative estimate of drug-likeness (QED) is 0.152. The Kier molecular flexibility index (Phi) is 10.7. The second-order valence-corrected chi connectivity index (χ2v) is 8.97. The molecule has 176 valence electrons. The molecule has 2 aromatic heterocycles. The normalized spacial score (nSPS) is 12.0. The average Bonchev–Trinajstić information content (AvgIpc) is 3.41. The number of aryl methyl sites for hydroxylation is 2. The molecule has 0 radical (unpaired) electrons. The Morgan fingerprint density at radius 2 is 2.03 bits per heavy atom. The van der Waals surface area contributed by atoms with Crippen LogP contribution in [0.3, 0.4) is 0 Å². The van der Waals surface area contributed by atoms with Gasteiger partial charge in [0.1, 0.15) is 17.5 Å². The molecule has 7 nitrogen and oxygen atoms in total. The van der Waals surface area contributed by atoms with E-state index >= 15 is 0 Å². The van der Waals surface area contributed by atoms with Crippen LogP contribution in [-0.4, -0.2) is 35.9 Å². The van der Waals surface area contributed by atoms with Crippen LogP contribution in [0.2, 0.25) is 0 Å². The van der Waals surface area contributed by atoms with Gasteiger partial charge in [-0.15, -0.1) is 35.3 Å². The summed E-state index contributed by atoms with van der Waals surface area (Å²) in [6.45, 7) is 5.84. The first-order chi connectivity index (χ1) is 15.5. The summed E-state index contributed by atoms with van der Waals surface area (Å²) in [5, 5.41) is 23.0. The number of nitrogen functional groups attached to an aromatic ring is 1. The number of thiophene rings is 1. The van der Waals surface area contributed by atoms with E-state index in [1.165, 1.54) is 4.88 Å². The Balaban J connectivity index is 0.00000385. The number of nitrogens with zero attached hydrogens (tertiary/aromatic N) is 4. The molecule has 1 atom stereocenters. The van der Waals surface area contributed by atoms with E-state index in [0.29, 0.717) is 23.7 Å². The molecular formula is C24H32IN7S. The number of halogens is 1. The summed E-state index contributed by atoms with van der Waals surface area (Å²) in [4.78, 5) is 5.71. The van der Waals surface area contributed by atoms with Gasteiger partial charge in [-0.1, -0.05) is 30.7 Å². The highest BCUT2D eigenvalue weighted by Gasteiger charge is 2.16. The van der Waals surface area contributed by atoms with Gasteiger partial charge in [0.05, 0.1) is 11.4 Å². The molecule has 3 rings (SSSR count). The van der Waals surface area contributed by atoms with Gasteiger partial charge in [0.2, 0.25) is 0 Å². The summed E-state index contributed by atoms with van der Waals surface area (Å²) in [5.74, 6) is 1.68. The third kappa shape index (κ3) is 7.47. The van der Waals surface area contributed by atoms with Crippen LogP contribution in [0.15, 0.2) is 46.8 Å². The number of nitrogens with one attached hydrogen (secondary N) is 2. The molecule has 3 aromatic rings. The number of guanidine groups is 1. The molecule has 0 aliphatic heterocycles. The van der Waals surface area contributed by atoms with E-state index < -0.39 is 0 Å². The third-order valence-corrected chi connectivity index (χ3v) is 6.14. The first-order valence-corrected chi connectivity index (χ1v) is 11.7. The molecule has 0 fully saturated rings. The van der Waals surface area contributed by atoms with Crippen molar-refractivity contribution in [1.29, 1.82) is 5.26 Å². The summed E-state index contributed by atoms with van der Waals surface area (Å²) >= 11 is 1.80. The first kappa shape index (κ1) is 26.7. The van der Waals surface area contributed by atoms with Crippen LogP contribution in [0.1, 0.15) is 35.0 Å². The summed E-state index contributed by atoms with van der Waals surface area (Å²) in [5.41, 5.74) is 9.40. The number of nitriles is 1. The van der Waals surface area contributed by atoms with E-state index in [-0.39, 0.29) is 24.0 Å². The van der Waals surface area contributed by atoms with Crippen molar-refractivity contribution in [2.45, 2.75) is 33.1 Å². The van der Waals surface area contributed by atoms with Crippen molar-refractivity contribution in [2.24, 2.45) is 10.9 Å². The molecule has 0 bridgehead atoms. The standard InChI is InChI=1S/C24H31N7S.HI/c1-17-8-10-19(11-9-17)31-23(26)21(15-25)22(30-31)7-4-12-28-24(27-3)29-16-18(2)14-20-6-5-13-32-20;/h5-6,8-11,13,18H,4,7,12,14,16,26H2,1-3H3,(H2,27,28,29);1H. The SMILES string of the molecule is CN=C(NCCCc1nn(-c2ccc(C)cc2)c(N)c1C#N)NCC(C)Cc1cccs1.I. The lowest BCUT2D eigenvalue weighted by atomic mass is 10.1. The third-order valence-electron chi connectivity index (χ3n) is 5.24. The Labute approximate surface area is 217 Å². The number of benzene rings is 1. The van der Waals surface area contributed by atoms with E-state index in [0.717, 1.165) is 48.8 Å². The van der Waals surface area contributed by atoms with Gasteiger partial charge in [-0.25, -0.2) is 4.68 Å². The maximum Gasteiger partial charge on any atom is 0.190 e. The molecule has 2 heterocycles. The minimum atomic E-state index is 0. The molecule has 0 aliphatic rings. The second kappa shape index (κ2) is 13.2. The zero-order valence-electron chi connectivity index (χ0n) is 19.3. The number of nitrogens with two attached hydrogens (primary N) is 1. The van der Waals surface area contributed by atoms with Crippen LogP contribution >= 0.6 is 35.3 Å². The summed E-state index contributed by atoms with van der Waals surface area (Å²) in [6, 6.07) is 14.4. The maximum atomic E-state index is 9.57. The van der Waals surface area contributed by atoms with Crippen LogP contribution in [0, 0.1) is 24.2 Å². The maximum absolute atomic E-state index is 9.57. The van der Waals surface area contributed by atoms with Crippen molar-refractivity contribution >= 4 is 47.1 Å². The van der Waals surface area contributed by atoms with Crippen molar-refractivity contribution in [3.05, 3.63) is 63.5 Å². The topological polar surface area (TPSA) is 104 Å². The summed E-state index contributed by atoms with van der Waals surface area (Å²) in [6.07, 6.45) is 2.53. The molecule has 0 saturated heterocycles. The highest BCUT2D eigenvalue weighted by molar-refractivity contribution is 14.0. The van der Waals surface area contributed by atoms with Gasteiger partial charge in [-0.05, 0) is 55.7 Å². The number of hydrogen-bond donors (Lipinski definition) is 3. The van der Waals surface area contributed by atoms with Gasteiger partial charge in [0, 0.05) is 25.0 Å². The van der Waals surface area contributed by atoms with E-state index in [1.54, 1.807) is 23.1 Å². The smallest absolute Gasteiger partial charge is 0.190 e. The molecule has 0 spiro atoms. The second-order valence-electron chi connectivity index (χ2n) is 7.94. The van der Waals surface area contributed by atoms with Gasteiger partial charge in [0.25, 0.3) is 0 Å². The average molecular weight is 578 g/mol. The van der Waals surface area contributed by atoms with Crippen LogP contribution in [-0.2, 0) is 12.8 Å². The predicted molar refractivity (Wildman–Crippen MR) is 148 cm³/mol. The lowest BCUT2D eigenvalue weighted by Crippen LogP contribution is -2.40. The Bertz CT molecular complexity index is 1070. The van der Waals surface area contributed by atoms with E-state index in [4.69, 9.17) is 5.73 Å². The Hall–Kier alpha value is -2.58. The van der Waals surface area contributed by atoms with E-state index in [2.05, 4.69) is 51.2 Å². The molecule has 9 heteroatoms. The number of anilines is 1. The molecule has 33 heavy (non-hydrogen) atoms. The summed E-state index contributed by atoms with van der Waals surface area (Å²) < 4.78 is 1.65. The zero-order chi connectivity index (χ0) is 22.9. The van der Waals surface area contributed by atoms with Crippen molar-refractivity contribution in [3.63, 3.8) is 0 Å². The fourth-order valence-corrected chi connectivity index (χ4v) is 4.33. The molecule has 0 amide bonds. The Morgan fingerprint density at radius 3 is 2.67 bits per heavy atom. The predicted octanol–water partition coefficient (Wildman–Crippen LogP) is 4.29. The molecule has 0 aliphatic carbocycles. The van der Waals surface area contributed by atoms with Crippen molar-refractivity contribution in [2.75, 3.05) is 25.9 Å². The summed E-state index contributed by atoms with van der Waals surface area (Å²) in [7, 11) is 1.77. The van der Waals surface area contributed by atoms with Gasteiger partial charge in [-0.2, -0.15) is 10.4 Å². The highest BCUT2D eigenvalue weighted by atomic mass is 127.